The number of nitrogens with zero attached hydrogens (tertiary/aromatic N) is 2. The van der Waals surface area contributed by atoms with Crippen LogP contribution in [0, 0.1) is 17.0 Å². The molecule has 1 fully saturated rings. The zero-order chi connectivity index (χ0) is 21.2. The molecule has 0 bridgehead atoms. The van der Waals surface area contributed by atoms with Gasteiger partial charge in [0.15, 0.2) is 0 Å². The van der Waals surface area contributed by atoms with Gasteiger partial charge in [0, 0.05) is 18.7 Å². The van der Waals surface area contributed by atoms with Gasteiger partial charge in [-0.3, -0.25) is 24.6 Å². The minimum absolute atomic E-state index is 0.194. The predicted octanol–water partition coefficient (Wildman–Crippen LogP) is 1.99. The van der Waals surface area contributed by atoms with Gasteiger partial charge in [0.1, 0.15) is 12.1 Å². The van der Waals surface area contributed by atoms with E-state index < -0.39 is 34.9 Å². The summed E-state index contributed by atoms with van der Waals surface area (Å²) < 4.78 is 0. The van der Waals surface area contributed by atoms with Crippen molar-refractivity contribution in [1.29, 1.82) is 0 Å². The highest BCUT2D eigenvalue weighted by Gasteiger charge is 2.49. The van der Waals surface area contributed by atoms with Crippen LogP contribution in [0.5, 0.6) is 0 Å². The number of benzene rings is 2. The quantitative estimate of drug-likeness (QED) is 0.439. The van der Waals surface area contributed by atoms with Crippen molar-refractivity contribution >= 4 is 23.5 Å². The Morgan fingerprint density at radius 2 is 1.90 bits per heavy atom. The van der Waals surface area contributed by atoms with Crippen LogP contribution in [0.1, 0.15) is 23.6 Å². The smallest absolute Gasteiger partial charge is 0.325 e. The van der Waals surface area contributed by atoms with E-state index in [4.69, 9.17) is 0 Å². The summed E-state index contributed by atoms with van der Waals surface area (Å²) in [5, 5.41) is 16.2. The van der Waals surface area contributed by atoms with Crippen LogP contribution in [-0.4, -0.2) is 34.2 Å². The first-order chi connectivity index (χ1) is 13.7. The van der Waals surface area contributed by atoms with Crippen molar-refractivity contribution in [1.82, 2.24) is 15.5 Å². The van der Waals surface area contributed by atoms with Crippen molar-refractivity contribution in [2.45, 2.75) is 25.9 Å². The van der Waals surface area contributed by atoms with Gasteiger partial charge >= 0.3 is 6.03 Å². The molecule has 2 aromatic rings. The van der Waals surface area contributed by atoms with Gasteiger partial charge in [-0.2, -0.15) is 0 Å². The van der Waals surface area contributed by atoms with Gasteiger partial charge < -0.3 is 10.6 Å². The molecule has 2 N–H and O–H groups in total. The van der Waals surface area contributed by atoms with Gasteiger partial charge in [-0.25, -0.2) is 4.79 Å². The fourth-order valence-corrected chi connectivity index (χ4v) is 3.07. The maximum atomic E-state index is 12.9. The lowest BCUT2D eigenvalue weighted by Crippen LogP contribution is -2.43. The first-order valence-corrected chi connectivity index (χ1v) is 8.92. The maximum Gasteiger partial charge on any atom is 0.325 e. The summed E-state index contributed by atoms with van der Waals surface area (Å²) in [6.45, 7) is 3.24. The average molecular weight is 396 g/mol. The van der Waals surface area contributed by atoms with Crippen LogP contribution in [0.3, 0.4) is 0 Å². The summed E-state index contributed by atoms with van der Waals surface area (Å²) in [4.78, 5) is 48.7. The van der Waals surface area contributed by atoms with E-state index >= 15 is 0 Å². The van der Waals surface area contributed by atoms with Crippen LogP contribution < -0.4 is 10.6 Å². The Hall–Kier alpha value is -3.75. The summed E-state index contributed by atoms with van der Waals surface area (Å²) in [7, 11) is 0. The number of non-ortho nitro benzene ring substituents is 1. The molecule has 1 heterocycles. The number of imide groups is 1. The van der Waals surface area contributed by atoms with Crippen LogP contribution in [0.15, 0.2) is 48.5 Å². The van der Waals surface area contributed by atoms with E-state index in [9.17, 15) is 24.5 Å². The molecule has 1 saturated heterocycles. The molecule has 0 aromatic heterocycles. The Kier molecular flexibility index (Phi) is 5.31. The largest absolute Gasteiger partial charge is 0.350 e. The molecule has 2 aromatic carbocycles. The molecule has 3 rings (SSSR count). The Morgan fingerprint density at radius 3 is 2.55 bits per heavy atom. The maximum absolute atomic E-state index is 12.9. The number of carbonyl (C=O) groups excluding carboxylic acids is 3. The standard InChI is InChI=1S/C20H20N4O5/c1-13-6-8-14(9-7-13)11-21-17(25)12-23-18(26)20(2,22-19(23)27)15-4-3-5-16(10-15)24(28)29/h3-10H,11-12H2,1-2H3,(H,21,25)(H,22,27). The van der Waals surface area contributed by atoms with Crippen molar-refractivity contribution in [2.75, 3.05) is 6.54 Å². The molecular formula is C20H20N4O5. The summed E-state index contributed by atoms with van der Waals surface area (Å²) >= 11 is 0. The molecule has 29 heavy (non-hydrogen) atoms. The number of carbonyl (C=O) groups is 3. The van der Waals surface area contributed by atoms with Gasteiger partial charge in [-0.05, 0) is 25.0 Å². The first-order valence-electron chi connectivity index (χ1n) is 8.92. The van der Waals surface area contributed by atoms with E-state index in [1.807, 2.05) is 31.2 Å². The van der Waals surface area contributed by atoms with Crippen LogP contribution in [0.25, 0.3) is 0 Å². The highest BCUT2D eigenvalue weighted by atomic mass is 16.6. The molecule has 4 amide bonds. The molecule has 150 valence electrons. The normalized spacial score (nSPS) is 18.5. The Labute approximate surface area is 166 Å². The number of nitrogens with one attached hydrogen (secondary N) is 2. The molecule has 9 heteroatoms. The number of hydrogen-bond donors (Lipinski definition) is 2. The number of nitro groups is 1. The zero-order valence-corrected chi connectivity index (χ0v) is 16.0. The van der Waals surface area contributed by atoms with Crippen molar-refractivity contribution in [3.63, 3.8) is 0 Å². The van der Waals surface area contributed by atoms with Crippen molar-refractivity contribution in [3.05, 3.63) is 75.3 Å². The fourth-order valence-electron chi connectivity index (χ4n) is 3.07. The van der Waals surface area contributed by atoms with E-state index in [1.165, 1.54) is 31.2 Å². The van der Waals surface area contributed by atoms with Crippen LogP contribution in [0.4, 0.5) is 10.5 Å². The van der Waals surface area contributed by atoms with Gasteiger partial charge in [0.05, 0.1) is 4.92 Å². The van der Waals surface area contributed by atoms with E-state index in [0.29, 0.717) is 0 Å². The molecule has 0 aliphatic carbocycles. The summed E-state index contributed by atoms with van der Waals surface area (Å²) in [6, 6.07) is 12.4. The van der Waals surface area contributed by atoms with E-state index in [2.05, 4.69) is 10.6 Å². The minimum atomic E-state index is -1.49. The third-order valence-electron chi connectivity index (χ3n) is 4.82. The molecule has 0 radical (unpaired) electrons. The van der Waals surface area contributed by atoms with Crippen molar-refractivity contribution in [2.24, 2.45) is 0 Å². The van der Waals surface area contributed by atoms with E-state index in [1.54, 1.807) is 0 Å². The van der Waals surface area contributed by atoms with Crippen LogP contribution >= 0.6 is 0 Å². The second kappa shape index (κ2) is 7.70. The molecule has 9 nitrogen and oxygen atoms in total. The molecular weight excluding hydrogens is 376 g/mol. The Balaban J connectivity index is 1.69. The summed E-state index contributed by atoms with van der Waals surface area (Å²) in [6.07, 6.45) is 0. The van der Waals surface area contributed by atoms with Gasteiger partial charge in [0.25, 0.3) is 11.6 Å². The molecule has 1 aliphatic heterocycles. The second-order valence-corrected chi connectivity index (χ2v) is 7.02. The zero-order valence-electron chi connectivity index (χ0n) is 16.0. The lowest BCUT2D eigenvalue weighted by molar-refractivity contribution is -0.385. The highest BCUT2D eigenvalue weighted by molar-refractivity contribution is 6.09. The molecule has 1 aliphatic rings. The number of urea groups is 1. The third-order valence-corrected chi connectivity index (χ3v) is 4.82. The van der Waals surface area contributed by atoms with E-state index in [-0.39, 0.29) is 17.8 Å². The SMILES string of the molecule is Cc1ccc(CNC(=O)CN2C(=O)NC(C)(c3cccc([N+](=O)[O-])c3)C2=O)cc1. The molecule has 1 unspecified atom stereocenters. The minimum Gasteiger partial charge on any atom is -0.350 e. The summed E-state index contributed by atoms with van der Waals surface area (Å²) in [5.74, 6) is -1.13. The lowest BCUT2D eigenvalue weighted by Gasteiger charge is -2.22. The van der Waals surface area contributed by atoms with Gasteiger partial charge in [-0.1, -0.05) is 42.0 Å². The predicted molar refractivity (Wildman–Crippen MR) is 104 cm³/mol. The summed E-state index contributed by atoms with van der Waals surface area (Å²) in [5.41, 5.74) is 0.579. The van der Waals surface area contributed by atoms with Crippen molar-refractivity contribution < 1.29 is 19.3 Å². The lowest BCUT2D eigenvalue weighted by atomic mass is 9.91. The number of nitro benzene ring substituents is 1. The number of amides is 4. The van der Waals surface area contributed by atoms with Crippen LogP contribution in [-0.2, 0) is 21.7 Å². The molecule has 1 atom stereocenters. The number of aryl methyl sites for hydroxylation is 1. The van der Waals surface area contributed by atoms with Crippen LogP contribution in [0.2, 0.25) is 0 Å². The Morgan fingerprint density at radius 1 is 1.21 bits per heavy atom. The second-order valence-electron chi connectivity index (χ2n) is 7.02. The van der Waals surface area contributed by atoms with Gasteiger partial charge in [0.2, 0.25) is 5.91 Å². The topological polar surface area (TPSA) is 122 Å². The van der Waals surface area contributed by atoms with Crippen molar-refractivity contribution in [3.8, 4) is 0 Å². The average Bonchev–Trinajstić information content (AvgIpc) is 2.91. The molecule has 0 saturated carbocycles. The number of hydrogen-bond acceptors (Lipinski definition) is 5. The highest BCUT2D eigenvalue weighted by Crippen LogP contribution is 2.30. The number of rotatable bonds is 6. The monoisotopic (exact) mass is 396 g/mol. The molecule has 0 spiro atoms. The first kappa shape index (κ1) is 20.0. The fraction of sp³-hybridized carbons (Fsp3) is 0.250. The van der Waals surface area contributed by atoms with Gasteiger partial charge in [-0.15, -0.1) is 0 Å². The van der Waals surface area contributed by atoms with E-state index in [0.717, 1.165) is 16.0 Å². The Bertz CT molecular complexity index is 989. The third kappa shape index (κ3) is 4.08.